The lowest BCUT2D eigenvalue weighted by atomic mass is 9.58. The van der Waals surface area contributed by atoms with Crippen LogP contribution in [0.25, 0.3) is 0 Å². The van der Waals surface area contributed by atoms with Crippen molar-refractivity contribution < 1.29 is 0 Å². The molecule has 37 heavy (non-hydrogen) atoms. The van der Waals surface area contributed by atoms with E-state index >= 15 is 0 Å². The van der Waals surface area contributed by atoms with E-state index in [-0.39, 0.29) is 12.1 Å². The molecule has 2 heterocycles. The van der Waals surface area contributed by atoms with Crippen molar-refractivity contribution in [1.82, 2.24) is 4.90 Å². The molecule has 2 nitrogen and oxygen atoms in total. The summed E-state index contributed by atoms with van der Waals surface area (Å²) in [6.07, 6.45) is 0. The number of aliphatic imine (C=N–C) groups is 1. The van der Waals surface area contributed by atoms with Crippen molar-refractivity contribution in [2.24, 2.45) is 4.99 Å². The molecule has 178 valence electrons. The van der Waals surface area contributed by atoms with Crippen LogP contribution in [-0.4, -0.2) is 10.7 Å². The van der Waals surface area contributed by atoms with Gasteiger partial charge in [-0.1, -0.05) is 139 Å². The standard InChI is InChI=1S/C35H28N2/c1-25-21-23-27(24-22-25)33-35(28-15-7-3-8-16-28,29-17-9-4-10-18-29)34-36-31-20-12-11-19-30(31)32(37(33)34)26-13-5-2-6-14-26/h2-24,32-33H,1H3/t32-,33-/m1/s1. The average Bonchev–Trinajstić information content (AvgIpc) is 2.96. The highest BCUT2D eigenvalue weighted by molar-refractivity contribution is 6.07. The minimum absolute atomic E-state index is 0.0789. The molecule has 0 aliphatic carbocycles. The number of para-hydroxylation sites is 1. The SMILES string of the molecule is Cc1ccc([C@H]2N3C(=Nc4ccccc4[C@H]3c3ccccc3)C2(c2ccccc2)c2ccccc2)cc1. The predicted molar refractivity (Wildman–Crippen MR) is 151 cm³/mol. The Morgan fingerprint density at radius 3 is 1.73 bits per heavy atom. The van der Waals surface area contributed by atoms with E-state index in [1.165, 1.54) is 33.4 Å². The van der Waals surface area contributed by atoms with Gasteiger partial charge in [0, 0.05) is 5.56 Å². The number of hydrogen-bond donors (Lipinski definition) is 0. The Morgan fingerprint density at radius 2 is 1.11 bits per heavy atom. The lowest BCUT2D eigenvalue weighted by Crippen LogP contribution is -2.68. The van der Waals surface area contributed by atoms with Gasteiger partial charge in [-0.25, -0.2) is 4.99 Å². The molecule has 0 spiro atoms. The van der Waals surface area contributed by atoms with Crippen LogP contribution in [0.2, 0.25) is 0 Å². The Bertz CT molecular complexity index is 1530. The maximum atomic E-state index is 5.43. The van der Waals surface area contributed by atoms with Crippen LogP contribution in [0.1, 0.15) is 45.5 Å². The number of nitrogens with zero attached hydrogens (tertiary/aromatic N) is 2. The fourth-order valence-electron chi connectivity index (χ4n) is 6.37. The topological polar surface area (TPSA) is 15.6 Å². The molecule has 2 heteroatoms. The van der Waals surface area contributed by atoms with Crippen LogP contribution < -0.4 is 0 Å². The summed E-state index contributed by atoms with van der Waals surface area (Å²) in [7, 11) is 0. The summed E-state index contributed by atoms with van der Waals surface area (Å²) in [6.45, 7) is 2.16. The molecule has 2 atom stereocenters. The van der Waals surface area contributed by atoms with E-state index in [0.29, 0.717) is 0 Å². The summed E-state index contributed by atoms with van der Waals surface area (Å²) >= 11 is 0. The zero-order chi connectivity index (χ0) is 24.8. The summed E-state index contributed by atoms with van der Waals surface area (Å²) in [6, 6.07) is 50.7. The Balaban J connectivity index is 1.57. The molecular formula is C35H28N2. The molecular weight excluding hydrogens is 448 g/mol. The summed E-state index contributed by atoms with van der Waals surface area (Å²) < 4.78 is 0. The Kier molecular flexibility index (Phi) is 5.07. The van der Waals surface area contributed by atoms with Crippen LogP contribution in [0.4, 0.5) is 5.69 Å². The highest BCUT2D eigenvalue weighted by Gasteiger charge is 2.64. The van der Waals surface area contributed by atoms with Gasteiger partial charge in [0.1, 0.15) is 11.3 Å². The molecule has 1 fully saturated rings. The van der Waals surface area contributed by atoms with Crippen LogP contribution >= 0.6 is 0 Å². The van der Waals surface area contributed by atoms with E-state index in [4.69, 9.17) is 4.99 Å². The highest BCUT2D eigenvalue weighted by Crippen LogP contribution is 2.62. The number of fused-ring (bicyclic) bond motifs is 2. The molecule has 0 unspecified atom stereocenters. The van der Waals surface area contributed by atoms with Gasteiger partial charge in [0.2, 0.25) is 0 Å². The molecule has 1 saturated heterocycles. The van der Waals surface area contributed by atoms with Gasteiger partial charge in [-0.3, -0.25) is 0 Å². The van der Waals surface area contributed by atoms with Gasteiger partial charge in [-0.2, -0.15) is 0 Å². The number of aryl methyl sites for hydroxylation is 1. The monoisotopic (exact) mass is 476 g/mol. The van der Waals surface area contributed by atoms with Crippen LogP contribution in [-0.2, 0) is 5.41 Å². The molecule has 5 aromatic carbocycles. The molecule has 0 bridgehead atoms. The molecule has 2 aliphatic heterocycles. The van der Waals surface area contributed by atoms with E-state index in [2.05, 4.69) is 151 Å². The number of benzene rings is 5. The van der Waals surface area contributed by atoms with Gasteiger partial charge < -0.3 is 4.90 Å². The van der Waals surface area contributed by atoms with E-state index in [9.17, 15) is 0 Å². The molecule has 7 rings (SSSR count). The predicted octanol–water partition coefficient (Wildman–Crippen LogP) is 8.17. The molecule has 5 aromatic rings. The summed E-state index contributed by atoms with van der Waals surface area (Å²) in [5.74, 6) is 1.11. The van der Waals surface area contributed by atoms with Gasteiger partial charge >= 0.3 is 0 Å². The second-order valence-corrected chi connectivity index (χ2v) is 10.1. The van der Waals surface area contributed by atoms with E-state index in [1.807, 2.05) is 0 Å². The largest absolute Gasteiger partial charge is 0.339 e. The van der Waals surface area contributed by atoms with Gasteiger partial charge in [-0.15, -0.1) is 0 Å². The van der Waals surface area contributed by atoms with Crippen molar-refractivity contribution in [3.05, 3.63) is 173 Å². The van der Waals surface area contributed by atoms with Crippen LogP contribution in [0, 0.1) is 6.92 Å². The van der Waals surface area contributed by atoms with Gasteiger partial charge in [0.05, 0.1) is 17.8 Å². The summed E-state index contributed by atoms with van der Waals surface area (Å²) in [5.41, 5.74) is 8.31. The molecule has 0 aromatic heterocycles. The van der Waals surface area contributed by atoms with Crippen molar-refractivity contribution >= 4 is 11.5 Å². The third-order valence-corrected chi connectivity index (χ3v) is 7.99. The summed E-state index contributed by atoms with van der Waals surface area (Å²) in [4.78, 5) is 8.00. The van der Waals surface area contributed by atoms with Gasteiger partial charge in [0.25, 0.3) is 0 Å². The van der Waals surface area contributed by atoms with E-state index in [1.54, 1.807) is 0 Å². The van der Waals surface area contributed by atoms with Crippen molar-refractivity contribution in [2.75, 3.05) is 0 Å². The van der Waals surface area contributed by atoms with E-state index < -0.39 is 5.41 Å². The third kappa shape index (κ3) is 3.22. The minimum atomic E-state index is -0.404. The Labute approximate surface area is 218 Å². The molecule has 0 saturated carbocycles. The second-order valence-electron chi connectivity index (χ2n) is 10.1. The highest BCUT2D eigenvalue weighted by atomic mass is 15.3. The van der Waals surface area contributed by atoms with E-state index in [0.717, 1.165) is 11.5 Å². The normalized spacial score (nSPS) is 19.3. The maximum Gasteiger partial charge on any atom is 0.124 e. The average molecular weight is 477 g/mol. The van der Waals surface area contributed by atoms with Gasteiger partial charge in [-0.05, 0) is 35.2 Å². The van der Waals surface area contributed by atoms with Crippen LogP contribution in [0.15, 0.2) is 145 Å². The quantitative estimate of drug-likeness (QED) is 0.255. The zero-order valence-electron chi connectivity index (χ0n) is 20.8. The van der Waals surface area contributed by atoms with Crippen LogP contribution in [0.5, 0.6) is 0 Å². The van der Waals surface area contributed by atoms with Crippen molar-refractivity contribution in [3.8, 4) is 0 Å². The fraction of sp³-hybridized carbons (Fsp3) is 0.114. The number of amidine groups is 1. The molecule has 0 radical (unpaired) electrons. The molecule has 0 N–H and O–H groups in total. The number of hydrogen-bond acceptors (Lipinski definition) is 2. The van der Waals surface area contributed by atoms with Crippen molar-refractivity contribution in [3.63, 3.8) is 0 Å². The smallest absolute Gasteiger partial charge is 0.124 e. The maximum absolute atomic E-state index is 5.43. The van der Waals surface area contributed by atoms with Crippen molar-refractivity contribution in [2.45, 2.75) is 24.4 Å². The van der Waals surface area contributed by atoms with Crippen LogP contribution in [0.3, 0.4) is 0 Å². The number of rotatable bonds is 4. The first-order chi connectivity index (χ1) is 18.3. The first-order valence-electron chi connectivity index (χ1n) is 13.0. The lowest BCUT2D eigenvalue weighted by Gasteiger charge is -2.63. The summed E-state index contributed by atoms with van der Waals surface area (Å²) in [5, 5.41) is 0. The second kappa shape index (κ2) is 8.60. The first-order valence-corrected chi connectivity index (χ1v) is 13.0. The third-order valence-electron chi connectivity index (χ3n) is 7.99. The molecule has 2 aliphatic rings. The lowest BCUT2D eigenvalue weighted by molar-refractivity contribution is 0.132. The fourth-order valence-corrected chi connectivity index (χ4v) is 6.37. The van der Waals surface area contributed by atoms with Gasteiger partial charge in [0.15, 0.2) is 0 Å². The van der Waals surface area contributed by atoms with Crippen molar-refractivity contribution in [1.29, 1.82) is 0 Å². The first kappa shape index (κ1) is 21.8. The molecule has 0 amide bonds. The Morgan fingerprint density at radius 1 is 0.568 bits per heavy atom. The minimum Gasteiger partial charge on any atom is -0.339 e. The zero-order valence-corrected chi connectivity index (χ0v) is 20.8. The Hall–Kier alpha value is -4.43.